The number of sulfonamides is 1. The van der Waals surface area contributed by atoms with Crippen LogP contribution >= 0.6 is 7.60 Å². The van der Waals surface area contributed by atoms with E-state index in [1.165, 1.54) is 52.0 Å². The second kappa shape index (κ2) is 7.74. The fourth-order valence-electron chi connectivity index (χ4n) is 2.13. The monoisotopic (exact) mass is 408 g/mol. The molecule has 1 aromatic rings. The molecule has 0 amide bonds. The van der Waals surface area contributed by atoms with Gasteiger partial charge in [0, 0.05) is 19.2 Å². The lowest BCUT2D eigenvalue weighted by molar-refractivity contribution is -0.384. The van der Waals surface area contributed by atoms with Crippen LogP contribution in [0.5, 0.6) is 0 Å². The summed E-state index contributed by atoms with van der Waals surface area (Å²) in [4.78, 5) is 10.3. The fraction of sp³-hybridized carbons (Fsp3) is 0.600. The van der Waals surface area contributed by atoms with Gasteiger partial charge in [-0.3, -0.25) is 14.7 Å². The number of hydrogen-bond donors (Lipinski definition) is 1. The van der Waals surface area contributed by atoms with Gasteiger partial charge < -0.3 is 9.05 Å². The molecule has 0 spiro atoms. The van der Waals surface area contributed by atoms with Crippen molar-refractivity contribution < 1.29 is 27.0 Å². The molecule has 0 aliphatic rings. The number of nitro benzene ring substituents is 1. The van der Waals surface area contributed by atoms with Crippen molar-refractivity contribution in [3.05, 3.63) is 39.9 Å². The van der Waals surface area contributed by atoms with E-state index in [0.717, 1.165) is 7.11 Å². The number of rotatable bonds is 8. The van der Waals surface area contributed by atoms with E-state index in [0.29, 0.717) is 0 Å². The lowest BCUT2D eigenvalue weighted by Crippen LogP contribution is -2.50. The van der Waals surface area contributed by atoms with E-state index in [9.17, 15) is 23.1 Å². The van der Waals surface area contributed by atoms with Crippen molar-refractivity contribution in [2.24, 2.45) is 0 Å². The quantitative estimate of drug-likeness (QED) is 0.397. The van der Waals surface area contributed by atoms with Crippen molar-refractivity contribution in [3.8, 4) is 0 Å². The summed E-state index contributed by atoms with van der Waals surface area (Å²) in [6, 6.07) is 5.05. The van der Waals surface area contributed by atoms with Gasteiger partial charge in [0.15, 0.2) is 5.28 Å². The molecule has 1 unspecified atom stereocenters. The zero-order valence-electron chi connectivity index (χ0n) is 15.7. The maximum atomic E-state index is 13.3. The van der Waals surface area contributed by atoms with Gasteiger partial charge in [-0.15, -0.1) is 0 Å². The summed E-state index contributed by atoms with van der Waals surface area (Å²) in [5.74, 6) is 0. The second-order valence-corrected chi connectivity index (χ2v) is 11.6. The largest absolute Gasteiger partial charge is 0.355 e. The van der Waals surface area contributed by atoms with Gasteiger partial charge in [0.1, 0.15) is 0 Å². The van der Waals surface area contributed by atoms with Gasteiger partial charge in [0.05, 0.1) is 16.3 Å². The third kappa shape index (κ3) is 4.32. The van der Waals surface area contributed by atoms with Crippen molar-refractivity contribution in [3.63, 3.8) is 0 Å². The maximum Gasteiger partial charge on any atom is 0.355 e. The van der Waals surface area contributed by atoms with Crippen molar-refractivity contribution in [1.82, 2.24) is 4.72 Å². The number of non-ortho nitro benzene ring substituents is 1. The first-order valence-electron chi connectivity index (χ1n) is 7.83. The Morgan fingerprint density at radius 2 is 1.69 bits per heavy atom. The first kappa shape index (κ1) is 22.7. The molecule has 1 N–H and O–H groups in total. The molecule has 0 bridgehead atoms. The van der Waals surface area contributed by atoms with Crippen molar-refractivity contribution in [1.29, 1.82) is 0 Å². The van der Waals surface area contributed by atoms with Crippen LogP contribution in [0.3, 0.4) is 0 Å². The van der Waals surface area contributed by atoms with Crippen LogP contribution in [-0.4, -0.2) is 31.8 Å². The summed E-state index contributed by atoms with van der Waals surface area (Å²) in [6.07, 6.45) is 0. The molecule has 0 radical (unpaired) electrons. The third-order valence-corrected chi connectivity index (χ3v) is 8.85. The Hall–Kier alpha value is -1.32. The molecule has 26 heavy (non-hydrogen) atoms. The van der Waals surface area contributed by atoms with Crippen LogP contribution in [0.25, 0.3) is 0 Å². The van der Waals surface area contributed by atoms with E-state index < -0.39 is 32.6 Å². The molecule has 9 nitrogen and oxygen atoms in total. The predicted molar refractivity (Wildman–Crippen MR) is 98.5 cm³/mol. The van der Waals surface area contributed by atoms with Crippen LogP contribution in [0.1, 0.15) is 40.2 Å². The first-order chi connectivity index (χ1) is 11.7. The average Bonchev–Trinajstić information content (AvgIpc) is 2.53. The van der Waals surface area contributed by atoms with Gasteiger partial charge >= 0.3 is 7.60 Å². The minimum atomic E-state index is -4.01. The zero-order chi connectivity index (χ0) is 20.4. The summed E-state index contributed by atoms with van der Waals surface area (Å²) in [5, 5.41) is 9.09. The normalized spacial score (nSPS) is 17.3. The van der Waals surface area contributed by atoms with E-state index in [1.54, 1.807) is 6.92 Å². The van der Waals surface area contributed by atoms with E-state index in [-0.39, 0.29) is 17.9 Å². The van der Waals surface area contributed by atoms with Crippen LogP contribution in [0.15, 0.2) is 24.3 Å². The lowest BCUT2D eigenvalue weighted by Gasteiger charge is -2.38. The molecule has 0 saturated carbocycles. The third-order valence-electron chi connectivity index (χ3n) is 3.87. The Morgan fingerprint density at radius 1 is 1.19 bits per heavy atom. The van der Waals surface area contributed by atoms with Crippen molar-refractivity contribution in [2.45, 2.75) is 44.6 Å². The second-order valence-electron chi connectivity index (χ2n) is 6.69. The number of hydrogen-bond acceptors (Lipinski definition) is 7. The molecule has 2 atom stereocenters. The van der Waals surface area contributed by atoms with Crippen LogP contribution in [0.4, 0.5) is 5.69 Å². The van der Waals surface area contributed by atoms with E-state index in [1.807, 2.05) is 0 Å². The molecule has 0 fully saturated rings. The number of nitrogens with zero attached hydrogens (tertiary/aromatic N) is 1. The highest BCUT2D eigenvalue weighted by Gasteiger charge is 2.52. The Labute approximate surface area is 153 Å². The van der Waals surface area contributed by atoms with Gasteiger partial charge in [-0.25, -0.2) is 8.42 Å². The van der Waals surface area contributed by atoms with Gasteiger partial charge in [0.25, 0.3) is 5.69 Å². The zero-order valence-corrected chi connectivity index (χ0v) is 17.4. The highest BCUT2D eigenvalue weighted by atomic mass is 32.2. The number of benzene rings is 1. The van der Waals surface area contributed by atoms with E-state index in [4.69, 9.17) is 9.05 Å². The average molecular weight is 408 g/mol. The SMILES string of the molecule is CCOP(=O)(OC)[C@@](C)(NS(=O)(=O)C(C)(C)C)c1ccc([N+](=O)[O-])cc1. The fourth-order valence-corrected chi connectivity index (χ4v) is 5.42. The minimum Gasteiger partial charge on any atom is -0.310 e. The lowest BCUT2D eigenvalue weighted by atomic mass is 10.1. The molecule has 0 aromatic heterocycles. The Bertz CT molecular complexity index is 802. The summed E-state index contributed by atoms with van der Waals surface area (Å²) in [6.45, 7) is 7.46. The smallest absolute Gasteiger partial charge is 0.310 e. The number of nitro groups is 1. The first-order valence-corrected chi connectivity index (χ1v) is 10.9. The van der Waals surface area contributed by atoms with E-state index >= 15 is 0 Å². The van der Waals surface area contributed by atoms with E-state index in [2.05, 4.69) is 4.72 Å². The summed E-state index contributed by atoms with van der Waals surface area (Å²) >= 11 is 0. The van der Waals surface area contributed by atoms with Gasteiger partial charge in [-0.1, -0.05) is 0 Å². The molecule has 1 aromatic carbocycles. The van der Waals surface area contributed by atoms with Gasteiger partial charge in [-0.05, 0) is 52.3 Å². The molecule has 0 saturated heterocycles. The molecule has 0 heterocycles. The highest BCUT2D eigenvalue weighted by Crippen LogP contribution is 2.63. The van der Waals surface area contributed by atoms with Gasteiger partial charge in [-0.2, -0.15) is 4.72 Å². The summed E-state index contributed by atoms with van der Waals surface area (Å²) in [7, 11) is -6.81. The predicted octanol–water partition coefficient (Wildman–Crippen LogP) is 3.36. The Kier molecular flexibility index (Phi) is 6.76. The topological polar surface area (TPSA) is 125 Å². The van der Waals surface area contributed by atoms with Crippen LogP contribution < -0.4 is 4.72 Å². The number of nitrogens with one attached hydrogen (secondary N) is 1. The van der Waals surface area contributed by atoms with Crippen molar-refractivity contribution in [2.75, 3.05) is 13.7 Å². The van der Waals surface area contributed by atoms with Crippen LogP contribution in [0.2, 0.25) is 0 Å². The molecule has 11 heteroatoms. The van der Waals surface area contributed by atoms with Crippen LogP contribution in [-0.2, 0) is 28.9 Å². The Morgan fingerprint density at radius 3 is 2.04 bits per heavy atom. The van der Waals surface area contributed by atoms with Crippen molar-refractivity contribution >= 4 is 23.3 Å². The maximum absolute atomic E-state index is 13.3. The molecule has 0 aliphatic carbocycles. The highest BCUT2D eigenvalue weighted by molar-refractivity contribution is 7.91. The molecule has 1 rings (SSSR count). The van der Waals surface area contributed by atoms with Crippen LogP contribution in [0, 0.1) is 10.1 Å². The minimum absolute atomic E-state index is 0.0188. The standard InChI is InChI=1S/C15H25N2O7PS/c1-7-24-25(20,23-6)15(5,16-26(21,22)14(2,3)4)12-8-10-13(11-9-12)17(18)19/h8-11,16H,7H2,1-6H3/t15-,25?/m1/s1. The summed E-state index contributed by atoms with van der Waals surface area (Å²) < 4.78 is 50.4. The van der Waals surface area contributed by atoms with Gasteiger partial charge in [0.2, 0.25) is 10.0 Å². The molecule has 0 aliphatic heterocycles. The summed E-state index contributed by atoms with van der Waals surface area (Å²) in [5.41, 5.74) is 0.0352. The molecular weight excluding hydrogens is 383 g/mol. The Balaban J connectivity index is 3.62. The molecule has 148 valence electrons. The molecular formula is C15H25N2O7PS.